The zero-order valence-electron chi connectivity index (χ0n) is 10.6. The summed E-state index contributed by atoms with van der Waals surface area (Å²) in [4.78, 5) is 23.4. The molecule has 102 valence electrons. The van der Waals surface area contributed by atoms with Crippen molar-refractivity contribution in [3.63, 3.8) is 0 Å². The maximum Gasteiger partial charge on any atom is 0.269 e. The van der Waals surface area contributed by atoms with Gasteiger partial charge in [0.2, 0.25) is 5.91 Å². The number of nitro groups is 1. The Morgan fingerprint density at radius 3 is 2.63 bits per heavy atom. The molecule has 0 bridgehead atoms. The summed E-state index contributed by atoms with van der Waals surface area (Å²) in [5.74, 6) is -0.255. The van der Waals surface area contributed by atoms with Gasteiger partial charge in [-0.05, 0) is 24.9 Å². The topological polar surface area (TPSA) is 89.5 Å². The number of amides is 1. The van der Waals surface area contributed by atoms with E-state index in [1.165, 1.54) is 12.1 Å². The van der Waals surface area contributed by atoms with Crippen molar-refractivity contribution in [2.24, 2.45) is 11.7 Å². The first-order valence-electron chi connectivity index (χ1n) is 6.31. The lowest BCUT2D eigenvalue weighted by atomic mass is 10.1. The molecule has 0 unspecified atom stereocenters. The Bertz CT molecular complexity index is 473. The molecule has 1 aliphatic heterocycles. The molecule has 1 atom stereocenters. The number of likely N-dealkylation sites (tertiary alicyclic amines) is 1. The van der Waals surface area contributed by atoms with Gasteiger partial charge in [0.15, 0.2) is 0 Å². The van der Waals surface area contributed by atoms with Crippen LogP contribution in [0, 0.1) is 16.0 Å². The van der Waals surface area contributed by atoms with Crippen molar-refractivity contribution in [1.29, 1.82) is 0 Å². The Morgan fingerprint density at radius 2 is 2.11 bits per heavy atom. The maximum atomic E-state index is 11.1. The van der Waals surface area contributed by atoms with Crippen LogP contribution in [0.1, 0.15) is 12.0 Å². The lowest BCUT2D eigenvalue weighted by molar-refractivity contribution is -0.384. The van der Waals surface area contributed by atoms with Crippen molar-refractivity contribution in [3.8, 4) is 0 Å². The average molecular weight is 263 g/mol. The summed E-state index contributed by atoms with van der Waals surface area (Å²) in [6.45, 7) is 2.46. The van der Waals surface area contributed by atoms with E-state index in [1.54, 1.807) is 12.1 Å². The standard InChI is InChI=1S/C13H17N3O3/c14-13(17)11-6-8-15(9-11)7-5-10-1-3-12(4-2-10)16(18)19/h1-4,11H,5-9H2,(H2,14,17)/t11-/m1/s1. The van der Waals surface area contributed by atoms with E-state index in [0.717, 1.165) is 38.0 Å². The molecular formula is C13H17N3O3. The molecule has 19 heavy (non-hydrogen) atoms. The van der Waals surface area contributed by atoms with E-state index < -0.39 is 4.92 Å². The highest BCUT2D eigenvalue weighted by Crippen LogP contribution is 2.17. The van der Waals surface area contributed by atoms with Crippen molar-refractivity contribution in [2.45, 2.75) is 12.8 Å². The van der Waals surface area contributed by atoms with Gasteiger partial charge in [-0.3, -0.25) is 14.9 Å². The average Bonchev–Trinajstić information content (AvgIpc) is 2.86. The zero-order valence-corrected chi connectivity index (χ0v) is 10.6. The van der Waals surface area contributed by atoms with Gasteiger partial charge < -0.3 is 10.6 Å². The third-order valence-electron chi connectivity index (χ3n) is 3.54. The van der Waals surface area contributed by atoms with Gasteiger partial charge in [0.1, 0.15) is 0 Å². The number of hydrogen-bond acceptors (Lipinski definition) is 4. The molecule has 0 aromatic heterocycles. The van der Waals surface area contributed by atoms with Crippen LogP contribution in [0.2, 0.25) is 0 Å². The summed E-state index contributed by atoms with van der Waals surface area (Å²) >= 11 is 0. The summed E-state index contributed by atoms with van der Waals surface area (Å²) < 4.78 is 0. The van der Waals surface area contributed by atoms with Crippen molar-refractivity contribution >= 4 is 11.6 Å². The van der Waals surface area contributed by atoms with Crippen molar-refractivity contribution in [1.82, 2.24) is 4.90 Å². The van der Waals surface area contributed by atoms with Crippen LogP contribution in [-0.4, -0.2) is 35.4 Å². The van der Waals surface area contributed by atoms with E-state index >= 15 is 0 Å². The van der Waals surface area contributed by atoms with Crippen LogP contribution in [0.5, 0.6) is 0 Å². The Labute approximate surface area is 111 Å². The number of nitrogens with zero attached hydrogens (tertiary/aromatic N) is 2. The van der Waals surface area contributed by atoms with Crippen LogP contribution in [-0.2, 0) is 11.2 Å². The summed E-state index contributed by atoms with van der Waals surface area (Å²) in [7, 11) is 0. The van der Waals surface area contributed by atoms with Crippen molar-refractivity contribution < 1.29 is 9.72 Å². The smallest absolute Gasteiger partial charge is 0.269 e. The Balaban J connectivity index is 1.83. The van der Waals surface area contributed by atoms with Gasteiger partial charge >= 0.3 is 0 Å². The van der Waals surface area contributed by atoms with E-state index in [2.05, 4.69) is 4.90 Å². The van der Waals surface area contributed by atoms with Gasteiger partial charge in [-0.1, -0.05) is 12.1 Å². The molecule has 6 nitrogen and oxygen atoms in total. The van der Waals surface area contributed by atoms with Crippen molar-refractivity contribution in [3.05, 3.63) is 39.9 Å². The van der Waals surface area contributed by atoms with Gasteiger partial charge in [-0.15, -0.1) is 0 Å². The molecule has 1 heterocycles. The van der Waals surface area contributed by atoms with Crippen LogP contribution in [0.25, 0.3) is 0 Å². The van der Waals surface area contributed by atoms with Crippen LogP contribution in [0.4, 0.5) is 5.69 Å². The SMILES string of the molecule is NC(=O)[C@@H]1CCN(CCc2ccc([N+](=O)[O-])cc2)C1. The molecular weight excluding hydrogens is 246 g/mol. The number of primary amides is 1. The second-order valence-electron chi connectivity index (χ2n) is 4.86. The summed E-state index contributed by atoms with van der Waals surface area (Å²) in [6, 6.07) is 6.59. The molecule has 2 N–H and O–H groups in total. The number of nitrogens with two attached hydrogens (primary N) is 1. The largest absolute Gasteiger partial charge is 0.369 e. The normalized spacial score (nSPS) is 19.5. The molecule has 1 aromatic rings. The van der Waals surface area contributed by atoms with Gasteiger partial charge in [0.05, 0.1) is 10.8 Å². The van der Waals surface area contributed by atoms with E-state index in [9.17, 15) is 14.9 Å². The molecule has 1 fully saturated rings. The zero-order chi connectivity index (χ0) is 13.8. The predicted octanol–water partition coefficient (Wildman–Crippen LogP) is 0.944. The van der Waals surface area contributed by atoms with Gasteiger partial charge in [0.25, 0.3) is 5.69 Å². The number of carbonyl (C=O) groups is 1. The van der Waals surface area contributed by atoms with Crippen molar-refractivity contribution in [2.75, 3.05) is 19.6 Å². The second-order valence-corrected chi connectivity index (χ2v) is 4.86. The van der Waals surface area contributed by atoms with Gasteiger partial charge in [0, 0.05) is 25.2 Å². The number of benzene rings is 1. The minimum Gasteiger partial charge on any atom is -0.369 e. The predicted molar refractivity (Wildman–Crippen MR) is 70.5 cm³/mol. The number of carbonyl (C=O) groups excluding carboxylic acids is 1. The highest BCUT2D eigenvalue weighted by molar-refractivity contribution is 5.77. The molecule has 0 aliphatic carbocycles. The molecule has 0 saturated carbocycles. The summed E-state index contributed by atoms with van der Waals surface area (Å²) in [6.07, 6.45) is 1.65. The lowest BCUT2D eigenvalue weighted by Gasteiger charge is -2.14. The molecule has 0 spiro atoms. The highest BCUT2D eigenvalue weighted by atomic mass is 16.6. The highest BCUT2D eigenvalue weighted by Gasteiger charge is 2.25. The Hall–Kier alpha value is -1.95. The quantitative estimate of drug-likeness (QED) is 0.632. The fourth-order valence-corrected chi connectivity index (χ4v) is 2.34. The monoisotopic (exact) mass is 263 g/mol. The minimum atomic E-state index is -0.401. The van der Waals surface area contributed by atoms with Crippen LogP contribution in [0.3, 0.4) is 0 Å². The summed E-state index contributed by atoms with van der Waals surface area (Å²) in [5.41, 5.74) is 6.46. The number of non-ortho nitro benzene ring substituents is 1. The molecule has 2 rings (SSSR count). The summed E-state index contributed by atoms with van der Waals surface area (Å²) in [5, 5.41) is 10.5. The number of rotatable bonds is 5. The minimum absolute atomic E-state index is 0.0307. The fraction of sp³-hybridized carbons (Fsp3) is 0.462. The van der Waals surface area contributed by atoms with Crippen LogP contribution in [0.15, 0.2) is 24.3 Å². The number of nitro benzene ring substituents is 1. The molecule has 6 heteroatoms. The third kappa shape index (κ3) is 3.51. The molecule has 0 radical (unpaired) electrons. The van der Waals surface area contributed by atoms with Crippen LogP contribution >= 0.6 is 0 Å². The molecule has 1 amide bonds. The second kappa shape index (κ2) is 5.79. The fourth-order valence-electron chi connectivity index (χ4n) is 2.34. The molecule has 1 aliphatic rings. The Morgan fingerprint density at radius 1 is 1.42 bits per heavy atom. The third-order valence-corrected chi connectivity index (χ3v) is 3.54. The van der Waals surface area contributed by atoms with Gasteiger partial charge in [-0.25, -0.2) is 0 Å². The molecule has 1 aromatic carbocycles. The first kappa shape index (κ1) is 13.5. The lowest BCUT2D eigenvalue weighted by Crippen LogP contribution is -2.28. The van der Waals surface area contributed by atoms with E-state index in [-0.39, 0.29) is 17.5 Å². The number of hydrogen-bond donors (Lipinski definition) is 1. The van der Waals surface area contributed by atoms with E-state index in [1.807, 2.05) is 0 Å². The Kier molecular flexibility index (Phi) is 4.11. The van der Waals surface area contributed by atoms with Crippen LogP contribution < -0.4 is 5.73 Å². The van der Waals surface area contributed by atoms with E-state index in [4.69, 9.17) is 5.73 Å². The molecule has 1 saturated heterocycles. The first-order chi connectivity index (χ1) is 9.06. The van der Waals surface area contributed by atoms with E-state index in [0.29, 0.717) is 0 Å². The maximum absolute atomic E-state index is 11.1. The van der Waals surface area contributed by atoms with Gasteiger partial charge in [-0.2, -0.15) is 0 Å². The first-order valence-corrected chi connectivity index (χ1v) is 6.31.